The van der Waals surface area contributed by atoms with E-state index < -0.39 is 0 Å². The summed E-state index contributed by atoms with van der Waals surface area (Å²) >= 11 is 0. The molecule has 0 aliphatic carbocycles. The third-order valence-corrected chi connectivity index (χ3v) is 4.76. The van der Waals surface area contributed by atoms with Crippen LogP contribution in [-0.4, -0.2) is 40.3 Å². The van der Waals surface area contributed by atoms with Crippen LogP contribution in [0.1, 0.15) is 0 Å². The molecule has 1 aromatic carbocycles. The van der Waals surface area contributed by atoms with Crippen molar-refractivity contribution < 1.29 is 5.11 Å². The van der Waals surface area contributed by atoms with Gasteiger partial charge in [0.2, 0.25) is 0 Å². The summed E-state index contributed by atoms with van der Waals surface area (Å²) in [5.41, 5.74) is 6.47. The van der Waals surface area contributed by atoms with Crippen molar-refractivity contribution in [3.8, 4) is 33.9 Å². The third-order valence-electron chi connectivity index (χ3n) is 4.76. The molecule has 0 amide bonds. The van der Waals surface area contributed by atoms with Crippen LogP contribution in [0.3, 0.4) is 0 Å². The molecule has 3 heterocycles. The minimum absolute atomic E-state index is 0.128. The van der Waals surface area contributed by atoms with E-state index in [1.54, 1.807) is 12.4 Å². The highest BCUT2D eigenvalue weighted by molar-refractivity contribution is 5.75. The first-order valence-corrected chi connectivity index (χ1v) is 9.52. The fourth-order valence-corrected chi connectivity index (χ4v) is 3.18. The Hall–Kier alpha value is -3.57. The number of rotatable bonds is 6. The van der Waals surface area contributed by atoms with Gasteiger partial charge in [-0.25, -0.2) is 4.98 Å². The van der Waals surface area contributed by atoms with Gasteiger partial charge in [0.15, 0.2) is 0 Å². The van der Waals surface area contributed by atoms with Gasteiger partial charge in [0.05, 0.1) is 29.4 Å². The summed E-state index contributed by atoms with van der Waals surface area (Å²) in [6, 6.07) is 24.0. The van der Waals surface area contributed by atoms with Crippen molar-refractivity contribution in [1.29, 1.82) is 0 Å². The molecular formula is C24H22N4O. The molecule has 144 valence electrons. The Kier molecular flexibility index (Phi) is 5.59. The normalized spacial score (nSPS) is 10.7. The highest BCUT2D eigenvalue weighted by Gasteiger charge is 2.10. The molecule has 0 saturated heterocycles. The highest BCUT2D eigenvalue weighted by Crippen LogP contribution is 2.29. The highest BCUT2D eigenvalue weighted by atomic mass is 16.3. The van der Waals surface area contributed by atoms with Crippen LogP contribution in [0.15, 0.2) is 85.2 Å². The Morgan fingerprint density at radius 3 is 1.79 bits per heavy atom. The molecule has 0 fully saturated rings. The first kappa shape index (κ1) is 18.8. The number of aromatic nitrogens is 3. The van der Waals surface area contributed by atoms with E-state index in [9.17, 15) is 0 Å². The van der Waals surface area contributed by atoms with Crippen molar-refractivity contribution in [3.63, 3.8) is 0 Å². The smallest absolute Gasteiger partial charge is 0.0900 e. The molecule has 0 bridgehead atoms. The van der Waals surface area contributed by atoms with Crippen molar-refractivity contribution in [2.24, 2.45) is 0 Å². The van der Waals surface area contributed by atoms with E-state index in [2.05, 4.69) is 46.4 Å². The number of benzene rings is 1. The molecular weight excluding hydrogens is 360 g/mol. The van der Waals surface area contributed by atoms with Crippen LogP contribution in [0.25, 0.3) is 33.9 Å². The minimum Gasteiger partial charge on any atom is -0.395 e. The van der Waals surface area contributed by atoms with Crippen LogP contribution in [0, 0.1) is 0 Å². The molecule has 0 saturated carbocycles. The van der Waals surface area contributed by atoms with Gasteiger partial charge < -0.3 is 10.0 Å². The molecule has 1 N–H and O–H groups in total. The number of pyridine rings is 3. The van der Waals surface area contributed by atoms with Crippen molar-refractivity contribution in [3.05, 3.63) is 85.2 Å². The molecule has 3 aromatic heterocycles. The molecule has 0 aliphatic rings. The largest absolute Gasteiger partial charge is 0.395 e. The first-order chi connectivity index (χ1) is 14.2. The molecule has 0 unspecified atom stereocenters. The summed E-state index contributed by atoms with van der Waals surface area (Å²) in [4.78, 5) is 15.8. The van der Waals surface area contributed by atoms with E-state index in [1.807, 2.05) is 48.3 Å². The fourth-order valence-electron chi connectivity index (χ4n) is 3.18. The summed E-state index contributed by atoms with van der Waals surface area (Å²) in [6.45, 7) is 0.728. The van der Waals surface area contributed by atoms with Crippen molar-refractivity contribution in [1.82, 2.24) is 15.0 Å². The Balaban J connectivity index is 1.78. The maximum atomic E-state index is 9.15. The average Bonchev–Trinajstić information content (AvgIpc) is 2.80. The van der Waals surface area contributed by atoms with Crippen molar-refractivity contribution in [2.45, 2.75) is 0 Å². The average molecular weight is 382 g/mol. The number of hydrogen-bond acceptors (Lipinski definition) is 5. The van der Waals surface area contributed by atoms with E-state index in [4.69, 9.17) is 10.1 Å². The number of nitrogens with zero attached hydrogens (tertiary/aromatic N) is 4. The predicted molar refractivity (Wildman–Crippen MR) is 116 cm³/mol. The SMILES string of the molecule is CN(CCO)c1ccc(-c2cc(-c3ccccn3)nc(-c3ccccn3)c2)cc1. The lowest BCUT2D eigenvalue weighted by atomic mass is 10.0. The number of hydrogen-bond donors (Lipinski definition) is 1. The van der Waals surface area contributed by atoms with Crippen molar-refractivity contribution >= 4 is 5.69 Å². The second kappa shape index (κ2) is 8.63. The van der Waals surface area contributed by atoms with Crippen LogP contribution in [0.5, 0.6) is 0 Å². The summed E-state index contributed by atoms with van der Waals surface area (Å²) < 4.78 is 0. The van der Waals surface area contributed by atoms with E-state index >= 15 is 0 Å². The summed E-state index contributed by atoms with van der Waals surface area (Å²) in [6.07, 6.45) is 3.55. The zero-order chi connectivity index (χ0) is 20.1. The lowest BCUT2D eigenvalue weighted by molar-refractivity contribution is 0.304. The van der Waals surface area contributed by atoms with Crippen LogP contribution < -0.4 is 4.90 Å². The molecule has 29 heavy (non-hydrogen) atoms. The molecule has 5 nitrogen and oxygen atoms in total. The van der Waals surface area contributed by atoms with E-state index in [1.165, 1.54) is 0 Å². The zero-order valence-electron chi connectivity index (χ0n) is 16.2. The lowest BCUT2D eigenvalue weighted by Gasteiger charge is -2.18. The molecule has 0 aliphatic heterocycles. The van der Waals surface area contributed by atoms with Gasteiger partial charge in [0.1, 0.15) is 0 Å². The quantitative estimate of drug-likeness (QED) is 0.539. The fraction of sp³-hybridized carbons (Fsp3) is 0.125. The third kappa shape index (κ3) is 4.31. The van der Waals surface area contributed by atoms with Gasteiger partial charge in [0.25, 0.3) is 0 Å². The van der Waals surface area contributed by atoms with Crippen LogP contribution >= 0.6 is 0 Å². The standard InChI is InChI=1S/C24H22N4O/c1-28(14-15-29)20-10-8-18(9-11-20)19-16-23(21-6-2-4-12-25-21)27-24(17-19)22-7-3-5-13-26-22/h2-13,16-17,29H,14-15H2,1H3. The molecule has 0 radical (unpaired) electrons. The Bertz CT molecular complexity index is 1010. The Morgan fingerprint density at radius 2 is 1.31 bits per heavy atom. The maximum Gasteiger partial charge on any atom is 0.0900 e. The topological polar surface area (TPSA) is 62.1 Å². The second-order valence-corrected chi connectivity index (χ2v) is 6.75. The minimum atomic E-state index is 0.128. The van der Waals surface area contributed by atoms with Crippen LogP contribution in [0.2, 0.25) is 0 Å². The maximum absolute atomic E-state index is 9.15. The van der Waals surface area contributed by atoms with Gasteiger partial charge >= 0.3 is 0 Å². The lowest BCUT2D eigenvalue weighted by Crippen LogP contribution is -2.20. The van der Waals surface area contributed by atoms with E-state index in [0.29, 0.717) is 6.54 Å². The van der Waals surface area contributed by atoms with Gasteiger partial charge in [-0.2, -0.15) is 0 Å². The van der Waals surface area contributed by atoms with E-state index in [-0.39, 0.29) is 6.61 Å². The summed E-state index contributed by atoms with van der Waals surface area (Å²) in [5, 5.41) is 9.15. The Labute approximate surface area is 170 Å². The summed E-state index contributed by atoms with van der Waals surface area (Å²) in [5.74, 6) is 0. The second-order valence-electron chi connectivity index (χ2n) is 6.75. The van der Waals surface area contributed by atoms with Gasteiger partial charge in [-0.3, -0.25) is 9.97 Å². The molecule has 4 rings (SSSR count). The number of likely N-dealkylation sites (N-methyl/N-ethyl adjacent to an activating group) is 1. The molecule has 0 atom stereocenters. The molecule has 0 spiro atoms. The van der Waals surface area contributed by atoms with Gasteiger partial charge in [-0.1, -0.05) is 24.3 Å². The number of anilines is 1. The molecule has 5 heteroatoms. The number of aliphatic hydroxyl groups excluding tert-OH is 1. The number of aliphatic hydroxyl groups is 1. The zero-order valence-corrected chi connectivity index (χ0v) is 16.2. The molecule has 4 aromatic rings. The Morgan fingerprint density at radius 1 is 0.724 bits per heavy atom. The van der Waals surface area contributed by atoms with Crippen LogP contribution in [0.4, 0.5) is 5.69 Å². The first-order valence-electron chi connectivity index (χ1n) is 9.52. The summed E-state index contributed by atoms with van der Waals surface area (Å²) in [7, 11) is 1.97. The van der Waals surface area contributed by atoms with Gasteiger partial charge in [-0.05, 0) is 59.7 Å². The van der Waals surface area contributed by atoms with Crippen LogP contribution in [-0.2, 0) is 0 Å². The van der Waals surface area contributed by atoms with Gasteiger partial charge in [-0.15, -0.1) is 0 Å². The van der Waals surface area contributed by atoms with Crippen molar-refractivity contribution in [2.75, 3.05) is 25.1 Å². The monoisotopic (exact) mass is 382 g/mol. The van der Waals surface area contributed by atoms with E-state index in [0.717, 1.165) is 39.6 Å². The van der Waals surface area contributed by atoms with Gasteiger partial charge in [0, 0.05) is 31.7 Å². The predicted octanol–water partition coefficient (Wildman–Crippen LogP) is 4.30.